The minimum absolute atomic E-state index is 0.0905. The van der Waals surface area contributed by atoms with Gasteiger partial charge in [0.2, 0.25) is 10.0 Å². The van der Waals surface area contributed by atoms with Crippen molar-refractivity contribution < 1.29 is 8.42 Å². The highest BCUT2D eigenvalue weighted by atomic mass is 32.2. The molecule has 1 aliphatic carbocycles. The highest BCUT2D eigenvalue weighted by Crippen LogP contribution is 2.35. The van der Waals surface area contributed by atoms with Gasteiger partial charge in [-0.05, 0) is 84.7 Å². The molecular formula is C28H33N3O2S. The second-order valence-electron chi connectivity index (χ2n) is 9.56. The van der Waals surface area contributed by atoms with E-state index in [4.69, 9.17) is 0 Å². The van der Waals surface area contributed by atoms with E-state index in [1.165, 1.54) is 28.8 Å². The lowest BCUT2D eigenvalue weighted by Crippen LogP contribution is -2.37. The normalized spacial score (nSPS) is 16.1. The SMILES string of the molecule is CN(C)c1ccc(C(CNS(=O)(=O)c2ccc3c(c2)CCCC3)N2CCc3ccccc32)cc1. The van der Waals surface area contributed by atoms with Crippen LogP contribution in [0, 0.1) is 0 Å². The summed E-state index contributed by atoms with van der Waals surface area (Å²) < 4.78 is 29.6. The first kappa shape index (κ1) is 22.9. The summed E-state index contributed by atoms with van der Waals surface area (Å²) in [5, 5.41) is 0. The third-order valence-corrected chi connectivity index (χ3v) is 8.61. The Hall–Kier alpha value is -2.83. The van der Waals surface area contributed by atoms with Gasteiger partial charge in [0.15, 0.2) is 0 Å². The molecule has 178 valence electrons. The number of hydrogen-bond acceptors (Lipinski definition) is 4. The van der Waals surface area contributed by atoms with Gasteiger partial charge in [0, 0.05) is 38.6 Å². The molecule has 1 atom stereocenters. The minimum atomic E-state index is -3.61. The van der Waals surface area contributed by atoms with Crippen molar-refractivity contribution in [2.75, 3.05) is 37.0 Å². The van der Waals surface area contributed by atoms with Gasteiger partial charge < -0.3 is 9.80 Å². The van der Waals surface area contributed by atoms with Crippen LogP contribution in [0.2, 0.25) is 0 Å². The standard InChI is InChI=1S/C28H33N3O2S/c1-30(2)25-14-11-23(12-15-25)28(31-18-17-22-8-5-6-10-27(22)31)20-29-34(32,33)26-16-13-21-7-3-4-9-24(21)19-26/h5-6,8,10-16,19,28-29H,3-4,7,9,17-18,20H2,1-2H3. The number of hydrogen-bond donors (Lipinski definition) is 1. The summed E-state index contributed by atoms with van der Waals surface area (Å²) in [6.07, 6.45) is 5.29. The summed E-state index contributed by atoms with van der Waals surface area (Å²) in [6, 6.07) is 22.4. The number of nitrogens with one attached hydrogen (secondary N) is 1. The van der Waals surface area contributed by atoms with Crippen LogP contribution in [0.25, 0.3) is 0 Å². The molecule has 0 aromatic heterocycles. The topological polar surface area (TPSA) is 52.7 Å². The quantitative estimate of drug-likeness (QED) is 0.538. The zero-order chi connectivity index (χ0) is 23.7. The molecule has 3 aromatic rings. The Balaban J connectivity index is 1.43. The molecule has 34 heavy (non-hydrogen) atoms. The molecule has 1 aliphatic heterocycles. The highest BCUT2D eigenvalue weighted by Gasteiger charge is 2.29. The molecule has 1 N–H and O–H groups in total. The molecule has 2 aliphatic rings. The second-order valence-corrected chi connectivity index (χ2v) is 11.3. The van der Waals surface area contributed by atoms with E-state index in [1.54, 1.807) is 6.07 Å². The molecule has 1 unspecified atom stereocenters. The minimum Gasteiger partial charge on any atom is -0.378 e. The van der Waals surface area contributed by atoms with Crippen LogP contribution in [0.3, 0.4) is 0 Å². The number of para-hydroxylation sites is 1. The molecule has 0 amide bonds. The van der Waals surface area contributed by atoms with E-state index in [2.05, 4.69) is 63.1 Å². The van der Waals surface area contributed by atoms with Gasteiger partial charge in [-0.15, -0.1) is 0 Å². The molecule has 0 spiro atoms. The van der Waals surface area contributed by atoms with Crippen LogP contribution in [0.1, 0.15) is 41.1 Å². The number of anilines is 2. The monoisotopic (exact) mass is 475 g/mol. The summed E-state index contributed by atoms with van der Waals surface area (Å²) in [7, 11) is 0.437. The molecule has 1 heterocycles. The smallest absolute Gasteiger partial charge is 0.240 e. The highest BCUT2D eigenvalue weighted by molar-refractivity contribution is 7.89. The second kappa shape index (κ2) is 9.43. The Morgan fingerprint density at radius 1 is 0.882 bits per heavy atom. The predicted octanol–water partition coefficient (Wildman–Crippen LogP) is 4.71. The Morgan fingerprint density at radius 3 is 2.38 bits per heavy atom. The summed E-state index contributed by atoms with van der Waals surface area (Å²) in [4.78, 5) is 4.79. The summed E-state index contributed by atoms with van der Waals surface area (Å²) >= 11 is 0. The number of aryl methyl sites for hydroxylation is 2. The average molecular weight is 476 g/mol. The summed E-state index contributed by atoms with van der Waals surface area (Å²) in [5.74, 6) is 0. The van der Waals surface area contributed by atoms with E-state index in [0.717, 1.165) is 43.5 Å². The summed E-state index contributed by atoms with van der Waals surface area (Å²) in [5.41, 5.74) is 7.21. The first-order chi connectivity index (χ1) is 16.4. The molecule has 0 saturated heterocycles. The van der Waals surface area contributed by atoms with Crippen molar-refractivity contribution in [2.24, 2.45) is 0 Å². The number of benzene rings is 3. The third kappa shape index (κ3) is 4.57. The zero-order valence-electron chi connectivity index (χ0n) is 20.0. The lowest BCUT2D eigenvalue weighted by molar-refractivity contribution is 0.562. The Kier molecular flexibility index (Phi) is 6.36. The van der Waals surface area contributed by atoms with Crippen molar-refractivity contribution >= 4 is 21.4 Å². The van der Waals surface area contributed by atoms with Crippen molar-refractivity contribution in [2.45, 2.75) is 43.0 Å². The fourth-order valence-electron chi connectivity index (χ4n) is 5.24. The lowest BCUT2D eigenvalue weighted by atomic mass is 9.92. The van der Waals surface area contributed by atoms with Crippen molar-refractivity contribution in [1.82, 2.24) is 4.72 Å². The van der Waals surface area contributed by atoms with Crippen molar-refractivity contribution in [3.63, 3.8) is 0 Å². The molecule has 5 rings (SSSR count). The molecule has 0 fully saturated rings. The van der Waals surface area contributed by atoms with Gasteiger partial charge in [-0.2, -0.15) is 0 Å². The van der Waals surface area contributed by atoms with E-state index in [1.807, 2.05) is 26.2 Å². The molecule has 6 heteroatoms. The van der Waals surface area contributed by atoms with Crippen LogP contribution < -0.4 is 14.5 Å². The maximum Gasteiger partial charge on any atom is 0.240 e. The molecule has 5 nitrogen and oxygen atoms in total. The molecule has 0 bridgehead atoms. The van der Waals surface area contributed by atoms with Crippen LogP contribution >= 0.6 is 0 Å². The van der Waals surface area contributed by atoms with Gasteiger partial charge in [-0.3, -0.25) is 0 Å². The Labute approximate surface area is 203 Å². The van der Waals surface area contributed by atoms with Gasteiger partial charge in [-0.25, -0.2) is 13.1 Å². The van der Waals surface area contributed by atoms with Crippen molar-refractivity contribution in [1.29, 1.82) is 0 Å². The maximum absolute atomic E-state index is 13.3. The van der Waals surface area contributed by atoms with Crippen LogP contribution in [0.4, 0.5) is 11.4 Å². The Bertz CT molecular complexity index is 1270. The number of nitrogens with zero attached hydrogens (tertiary/aromatic N) is 2. The molecular weight excluding hydrogens is 442 g/mol. The number of fused-ring (bicyclic) bond motifs is 2. The zero-order valence-corrected chi connectivity index (χ0v) is 20.8. The first-order valence-electron chi connectivity index (χ1n) is 12.2. The van der Waals surface area contributed by atoms with Crippen LogP contribution in [-0.4, -0.2) is 35.6 Å². The maximum atomic E-state index is 13.3. The lowest BCUT2D eigenvalue weighted by Gasteiger charge is -2.31. The molecule has 0 radical (unpaired) electrons. The van der Waals surface area contributed by atoms with Gasteiger partial charge in [0.1, 0.15) is 0 Å². The molecule has 0 saturated carbocycles. The van der Waals surface area contributed by atoms with Crippen LogP contribution in [0.15, 0.2) is 71.6 Å². The fourth-order valence-corrected chi connectivity index (χ4v) is 6.33. The van der Waals surface area contributed by atoms with E-state index >= 15 is 0 Å². The number of rotatable bonds is 7. The van der Waals surface area contributed by atoms with E-state index in [9.17, 15) is 8.42 Å². The van der Waals surface area contributed by atoms with E-state index in [-0.39, 0.29) is 6.04 Å². The van der Waals surface area contributed by atoms with Crippen molar-refractivity contribution in [3.05, 3.63) is 89.0 Å². The largest absolute Gasteiger partial charge is 0.378 e. The summed E-state index contributed by atoms with van der Waals surface area (Å²) in [6.45, 7) is 1.19. The first-order valence-corrected chi connectivity index (χ1v) is 13.6. The van der Waals surface area contributed by atoms with Crippen LogP contribution in [-0.2, 0) is 29.3 Å². The Morgan fingerprint density at radius 2 is 1.62 bits per heavy atom. The fraction of sp³-hybridized carbons (Fsp3) is 0.357. The third-order valence-electron chi connectivity index (χ3n) is 7.19. The van der Waals surface area contributed by atoms with E-state index in [0.29, 0.717) is 11.4 Å². The van der Waals surface area contributed by atoms with Crippen LogP contribution in [0.5, 0.6) is 0 Å². The number of sulfonamides is 1. The van der Waals surface area contributed by atoms with Gasteiger partial charge >= 0.3 is 0 Å². The van der Waals surface area contributed by atoms with E-state index < -0.39 is 10.0 Å². The van der Waals surface area contributed by atoms with Gasteiger partial charge in [0.05, 0.1) is 10.9 Å². The average Bonchev–Trinajstić information content (AvgIpc) is 3.28. The van der Waals surface area contributed by atoms with Gasteiger partial charge in [-0.1, -0.05) is 36.4 Å². The molecule has 3 aromatic carbocycles. The predicted molar refractivity (Wildman–Crippen MR) is 139 cm³/mol. The van der Waals surface area contributed by atoms with Gasteiger partial charge in [0.25, 0.3) is 0 Å². The van der Waals surface area contributed by atoms with Crippen molar-refractivity contribution in [3.8, 4) is 0 Å².